The lowest BCUT2D eigenvalue weighted by Gasteiger charge is -2.15. The maximum atomic E-state index is 10.9. The molecule has 0 aromatic rings. The van der Waals surface area contributed by atoms with Gasteiger partial charge in [0.2, 0.25) is 0 Å². The number of hydrogen-bond acceptors (Lipinski definition) is 2. The smallest absolute Gasteiger partial charge is 0.323 e. The van der Waals surface area contributed by atoms with Gasteiger partial charge in [0, 0.05) is 5.88 Å². The van der Waals surface area contributed by atoms with Crippen molar-refractivity contribution in [3.63, 3.8) is 0 Å². The number of carbonyl (C=O) groups is 1. The highest BCUT2D eigenvalue weighted by atomic mass is 79.9. The molecular formula is C6H10BrClO2. The van der Waals surface area contributed by atoms with Gasteiger partial charge in [0.15, 0.2) is 0 Å². The minimum absolute atomic E-state index is 0.214. The Kier molecular flexibility index (Phi) is 4.29. The molecule has 0 rings (SSSR count). The highest BCUT2D eigenvalue weighted by Crippen LogP contribution is 2.20. The molecule has 4 heteroatoms. The fraction of sp³-hybridized carbons (Fsp3) is 0.833. The third-order valence-electron chi connectivity index (χ3n) is 0.952. The Morgan fingerprint density at radius 1 is 1.80 bits per heavy atom. The molecule has 0 spiro atoms. The molecule has 0 fully saturated rings. The van der Waals surface area contributed by atoms with E-state index in [0.717, 1.165) is 0 Å². The lowest BCUT2D eigenvalue weighted by molar-refractivity contribution is -0.144. The van der Waals surface area contributed by atoms with E-state index in [9.17, 15) is 4.79 Å². The van der Waals surface area contributed by atoms with Gasteiger partial charge in [0.25, 0.3) is 0 Å². The Bertz CT molecular complexity index is 125. The van der Waals surface area contributed by atoms with Gasteiger partial charge in [0.05, 0.1) is 6.61 Å². The summed E-state index contributed by atoms with van der Waals surface area (Å²) in [5, 5.41) is 0. The first kappa shape index (κ1) is 10.2. The van der Waals surface area contributed by atoms with Crippen LogP contribution in [0.15, 0.2) is 0 Å². The summed E-state index contributed by atoms with van der Waals surface area (Å²) in [6.45, 7) is 3.82. The van der Waals surface area contributed by atoms with Crippen LogP contribution in [-0.4, -0.2) is 22.8 Å². The molecule has 2 nitrogen and oxygen atoms in total. The summed E-state index contributed by atoms with van der Waals surface area (Å²) in [5.74, 6) is -0.101. The van der Waals surface area contributed by atoms with Gasteiger partial charge >= 0.3 is 5.97 Å². The van der Waals surface area contributed by atoms with E-state index in [1.54, 1.807) is 13.8 Å². The molecule has 0 N–H and O–H groups in total. The number of carbonyl (C=O) groups excluding carboxylic acids is 1. The minimum atomic E-state index is -0.732. The predicted molar refractivity (Wildman–Crippen MR) is 44.7 cm³/mol. The third-order valence-corrected chi connectivity index (χ3v) is 2.41. The van der Waals surface area contributed by atoms with E-state index in [0.29, 0.717) is 6.61 Å². The summed E-state index contributed by atoms with van der Waals surface area (Å²) in [5.41, 5.74) is 0. The first-order chi connectivity index (χ1) is 4.54. The van der Waals surface area contributed by atoms with Crippen molar-refractivity contribution in [1.82, 2.24) is 0 Å². The highest BCUT2D eigenvalue weighted by molar-refractivity contribution is 9.10. The van der Waals surface area contributed by atoms with E-state index in [-0.39, 0.29) is 11.8 Å². The molecule has 0 radical (unpaired) electrons. The number of ether oxygens (including phenoxy) is 1. The van der Waals surface area contributed by atoms with Crippen molar-refractivity contribution >= 4 is 33.5 Å². The minimum Gasteiger partial charge on any atom is -0.465 e. The second-order valence-electron chi connectivity index (χ2n) is 2.05. The molecule has 0 aromatic heterocycles. The molecule has 0 aromatic carbocycles. The van der Waals surface area contributed by atoms with E-state index in [4.69, 9.17) is 16.3 Å². The van der Waals surface area contributed by atoms with E-state index >= 15 is 0 Å². The molecule has 0 amide bonds. The fourth-order valence-electron chi connectivity index (χ4n) is 0.336. The molecule has 0 aliphatic rings. The number of halogens is 2. The van der Waals surface area contributed by atoms with Crippen LogP contribution in [0.2, 0.25) is 0 Å². The lowest BCUT2D eigenvalue weighted by Crippen LogP contribution is -2.32. The van der Waals surface area contributed by atoms with Crippen LogP contribution in [0, 0.1) is 0 Å². The molecule has 60 valence electrons. The van der Waals surface area contributed by atoms with Gasteiger partial charge in [-0.05, 0) is 13.8 Å². The largest absolute Gasteiger partial charge is 0.465 e. The molecule has 0 heterocycles. The van der Waals surface area contributed by atoms with Crippen LogP contribution in [0.1, 0.15) is 13.8 Å². The van der Waals surface area contributed by atoms with E-state index < -0.39 is 4.32 Å². The summed E-state index contributed by atoms with van der Waals surface area (Å²) in [4.78, 5) is 10.9. The molecule has 1 atom stereocenters. The van der Waals surface area contributed by atoms with Crippen molar-refractivity contribution < 1.29 is 9.53 Å². The molecule has 0 aliphatic heterocycles. The number of alkyl halides is 2. The average Bonchev–Trinajstić information content (AvgIpc) is 1.89. The maximum Gasteiger partial charge on any atom is 0.323 e. The van der Waals surface area contributed by atoms with Crippen LogP contribution in [0.3, 0.4) is 0 Å². The summed E-state index contributed by atoms with van der Waals surface area (Å²) >= 11 is 8.62. The Hall–Kier alpha value is 0.240. The molecule has 0 saturated carbocycles. The molecular weight excluding hydrogens is 219 g/mol. The summed E-state index contributed by atoms with van der Waals surface area (Å²) in [7, 11) is 0. The van der Waals surface area contributed by atoms with Crippen molar-refractivity contribution in [2.75, 3.05) is 12.5 Å². The molecule has 10 heavy (non-hydrogen) atoms. The van der Waals surface area contributed by atoms with Gasteiger partial charge in [-0.15, -0.1) is 11.6 Å². The Morgan fingerprint density at radius 2 is 2.30 bits per heavy atom. The molecule has 0 bridgehead atoms. The lowest BCUT2D eigenvalue weighted by atomic mass is 10.2. The number of hydrogen-bond donors (Lipinski definition) is 0. The molecule has 0 aliphatic carbocycles. The second kappa shape index (κ2) is 4.19. The van der Waals surface area contributed by atoms with Gasteiger partial charge in [0.1, 0.15) is 4.32 Å². The molecule has 1 unspecified atom stereocenters. The van der Waals surface area contributed by atoms with Crippen LogP contribution < -0.4 is 0 Å². The van der Waals surface area contributed by atoms with Crippen molar-refractivity contribution in [3.8, 4) is 0 Å². The van der Waals surface area contributed by atoms with Crippen LogP contribution in [0.4, 0.5) is 0 Å². The first-order valence-electron chi connectivity index (χ1n) is 2.96. The predicted octanol–water partition coefficient (Wildman–Crippen LogP) is 1.94. The van der Waals surface area contributed by atoms with Crippen LogP contribution in [0.5, 0.6) is 0 Å². The Balaban J connectivity index is 3.91. The second-order valence-corrected chi connectivity index (χ2v) is 4.07. The average molecular weight is 230 g/mol. The summed E-state index contributed by atoms with van der Waals surface area (Å²) in [6, 6.07) is 0. The standard InChI is InChI=1S/C6H10BrClO2/c1-3-10-5(9)6(2,7)4-8/h3-4H2,1-2H3. The zero-order chi connectivity index (χ0) is 8.20. The summed E-state index contributed by atoms with van der Waals surface area (Å²) in [6.07, 6.45) is 0. The van der Waals surface area contributed by atoms with Crippen molar-refractivity contribution in [1.29, 1.82) is 0 Å². The number of esters is 1. The third kappa shape index (κ3) is 2.88. The van der Waals surface area contributed by atoms with E-state index in [1.807, 2.05) is 0 Å². The SMILES string of the molecule is CCOC(=O)C(C)(Br)CCl. The Morgan fingerprint density at radius 3 is 2.60 bits per heavy atom. The van der Waals surface area contributed by atoms with Crippen LogP contribution in [0.25, 0.3) is 0 Å². The number of rotatable bonds is 3. The molecule has 0 saturated heterocycles. The highest BCUT2D eigenvalue weighted by Gasteiger charge is 2.30. The van der Waals surface area contributed by atoms with Crippen LogP contribution >= 0.6 is 27.5 Å². The quantitative estimate of drug-likeness (QED) is 0.546. The van der Waals surface area contributed by atoms with Gasteiger partial charge in [-0.2, -0.15) is 0 Å². The Labute approximate surface area is 74.0 Å². The van der Waals surface area contributed by atoms with Gasteiger partial charge < -0.3 is 4.74 Å². The fourth-order valence-corrected chi connectivity index (χ4v) is 0.560. The normalized spacial score (nSPS) is 16.0. The van der Waals surface area contributed by atoms with Crippen molar-refractivity contribution in [2.45, 2.75) is 18.2 Å². The van der Waals surface area contributed by atoms with Crippen molar-refractivity contribution in [3.05, 3.63) is 0 Å². The van der Waals surface area contributed by atoms with E-state index in [2.05, 4.69) is 15.9 Å². The monoisotopic (exact) mass is 228 g/mol. The van der Waals surface area contributed by atoms with Gasteiger partial charge in [-0.1, -0.05) is 15.9 Å². The first-order valence-corrected chi connectivity index (χ1v) is 4.29. The zero-order valence-electron chi connectivity index (χ0n) is 5.99. The van der Waals surface area contributed by atoms with E-state index in [1.165, 1.54) is 0 Å². The summed E-state index contributed by atoms with van der Waals surface area (Å²) < 4.78 is 4.00. The maximum absolute atomic E-state index is 10.9. The van der Waals surface area contributed by atoms with Gasteiger partial charge in [-0.3, -0.25) is 4.79 Å². The van der Waals surface area contributed by atoms with Gasteiger partial charge in [-0.25, -0.2) is 0 Å². The topological polar surface area (TPSA) is 26.3 Å². The van der Waals surface area contributed by atoms with Crippen molar-refractivity contribution in [2.24, 2.45) is 0 Å². The zero-order valence-corrected chi connectivity index (χ0v) is 8.33. The van der Waals surface area contributed by atoms with Crippen LogP contribution in [-0.2, 0) is 9.53 Å².